The SMILES string of the molecule is COCCCC(C)(O)Cc1ccc(OC)cc1. The molecule has 0 fully saturated rings. The molecule has 0 heterocycles. The van der Waals surface area contributed by atoms with Crippen LogP contribution in [0, 0.1) is 0 Å². The van der Waals surface area contributed by atoms with Gasteiger partial charge in [0, 0.05) is 20.1 Å². The Morgan fingerprint density at radius 2 is 1.82 bits per heavy atom. The molecule has 1 N–H and O–H groups in total. The molecule has 0 saturated carbocycles. The molecule has 0 bridgehead atoms. The van der Waals surface area contributed by atoms with Crippen LogP contribution in [0.15, 0.2) is 24.3 Å². The highest BCUT2D eigenvalue weighted by Gasteiger charge is 2.20. The number of hydrogen-bond donors (Lipinski definition) is 1. The fourth-order valence-corrected chi connectivity index (χ4v) is 1.87. The van der Waals surface area contributed by atoms with Crippen LogP contribution in [0.3, 0.4) is 0 Å². The van der Waals surface area contributed by atoms with E-state index in [1.54, 1.807) is 14.2 Å². The summed E-state index contributed by atoms with van der Waals surface area (Å²) in [4.78, 5) is 0. The summed E-state index contributed by atoms with van der Waals surface area (Å²) in [5, 5.41) is 10.2. The largest absolute Gasteiger partial charge is 0.497 e. The maximum atomic E-state index is 10.2. The third kappa shape index (κ3) is 5.20. The summed E-state index contributed by atoms with van der Waals surface area (Å²) in [6.07, 6.45) is 2.27. The predicted octanol–water partition coefficient (Wildman–Crippen LogP) is 2.42. The quantitative estimate of drug-likeness (QED) is 0.741. The fourth-order valence-electron chi connectivity index (χ4n) is 1.87. The first kappa shape index (κ1) is 14.0. The zero-order valence-electron chi connectivity index (χ0n) is 10.9. The van der Waals surface area contributed by atoms with Crippen molar-refractivity contribution in [3.8, 4) is 5.75 Å². The van der Waals surface area contributed by atoms with Crippen molar-refractivity contribution in [1.82, 2.24) is 0 Å². The Kier molecular flexibility index (Phi) is 5.45. The van der Waals surface area contributed by atoms with E-state index in [9.17, 15) is 5.11 Å². The minimum atomic E-state index is -0.673. The molecular weight excluding hydrogens is 216 g/mol. The van der Waals surface area contributed by atoms with Gasteiger partial charge in [0.15, 0.2) is 0 Å². The molecule has 0 aromatic heterocycles. The minimum Gasteiger partial charge on any atom is -0.497 e. The molecule has 0 saturated heterocycles. The van der Waals surface area contributed by atoms with Gasteiger partial charge in [0.25, 0.3) is 0 Å². The second kappa shape index (κ2) is 6.62. The van der Waals surface area contributed by atoms with Crippen molar-refractivity contribution in [3.63, 3.8) is 0 Å². The number of methoxy groups -OCH3 is 2. The molecule has 1 rings (SSSR count). The van der Waals surface area contributed by atoms with E-state index in [-0.39, 0.29) is 0 Å². The van der Waals surface area contributed by atoms with Gasteiger partial charge >= 0.3 is 0 Å². The molecule has 1 aromatic carbocycles. The highest BCUT2D eigenvalue weighted by molar-refractivity contribution is 5.27. The van der Waals surface area contributed by atoms with Gasteiger partial charge in [-0.25, -0.2) is 0 Å². The summed E-state index contributed by atoms with van der Waals surface area (Å²) in [5.41, 5.74) is 0.445. The lowest BCUT2D eigenvalue weighted by Crippen LogP contribution is -2.27. The molecule has 96 valence electrons. The van der Waals surface area contributed by atoms with Crippen molar-refractivity contribution in [2.24, 2.45) is 0 Å². The van der Waals surface area contributed by atoms with Crippen LogP contribution in [0.1, 0.15) is 25.3 Å². The van der Waals surface area contributed by atoms with Crippen molar-refractivity contribution < 1.29 is 14.6 Å². The highest BCUT2D eigenvalue weighted by atomic mass is 16.5. The number of rotatable bonds is 7. The molecule has 0 aliphatic carbocycles. The minimum absolute atomic E-state index is 0.653. The van der Waals surface area contributed by atoms with Crippen LogP contribution in [0.2, 0.25) is 0 Å². The van der Waals surface area contributed by atoms with Crippen LogP contribution >= 0.6 is 0 Å². The highest BCUT2D eigenvalue weighted by Crippen LogP contribution is 2.20. The Bertz CT molecular complexity index is 317. The van der Waals surface area contributed by atoms with Crippen LogP contribution in [-0.2, 0) is 11.2 Å². The van der Waals surface area contributed by atoms with Gasteiger partial charge < -0.3 is 14.6 Å². The molecule has 3 heteroatoms. The topological polar surface area (TPSA) is 38.7 Å². The molecule has 0 aliphatic rings. The summed E-state index contributed by atoms with van der Waals surface area (Å²) in [5.74, 6) is 0.841. The lowest BCUT2D eigenvalue weighted by molar-refractivity contribution is 0.0409. The van der Waals surface area contributed by atoms with Crippen molar-refractivity contribution in [2.45, 2.75) is 31.8 Å². The van der Waals surface area contributed by atoms with E-state index in [0.29, 0.717) is 13.0 Å². The van der Waals surface area contributed by atoms with Crippen LogP contribution in [0.5, 0.6) is 5.75 Å². The van der Waals surface area contributed by atoms with Crippen molar-refractivity contribution in [2.75, 3.05) is 20.8 Å². The van der Waals surface area contributed by atoms with Crippen molar-refractivity contribution >= 4 is 0 Å². The predicted molar refractivity (Wildman–Crippen MR) is 68.4 cm³/mol. The smallest absolute Gasteiger partial charge is 0.118 e. The van der Waals surface area contributed by atoms with Gasteiger partial charge in [-0.1, -0.05) is 12.1 Å². The van der Waals surface area contributed by atoms with Crippen molar-refractivity contribution in [3.05, 3.63) is 29.8 Å². The maximum Gasteiger partial charge on any atom is 0.118 e. The lowest BCUT2D eigenvalue weighted by atomic mass is 9.92. The Labute approximate surface area is 103 Å². The van der Waals surface area contributed by atoms with E-state index < -0.39 is 5.60 Å². The van der Waals surface area contributed by atoms with E-state index in [1.807, 2.05) is 31.2 Å². The molecule has 1 unspecified atom stereocenters. The first-order valence-corrected chi connectivity index (χ1v) is 5.91. The molecule has 0 amide bonds. The molecule has 0 aliphatic heterocycles. The number of ether oxygens (including phenoxy) is 2. The summed E-state index contributed by atoms with van der Waals surface area (Å²) >= 11 is 0. The molecule has 0 radical (unpaired) electrons. The number of benzene rings is 1. The summed E-state index contributed by atoms with van der Waals surface area (Å²) < 4.78 is 10.1. The van der Waals surface area contributed by atoms with Crippen LogP contribution in [0.25, 0.3) is 0 Å². The number of aliphatic hydroxyl groups is 1. The third-order valence-electron chi connectivity index (χ3n) is 2.81. The zero-order chi connectivity index (χ0) is 12.7. The Hall–Kier alpha value is -1.06. The zero-order valence-corrected chi connectivity index (χ0v) is 10.9. The van der Waals surface area contributed by atoms with Crippen LogP contribution in [-0.4, -0.2) is 31.5 Å². The first-order valence-electron chi connectivity index (χ1n) is 5.91. The van der Waals surface area contributed by atoms with Crippen LogP contribution in [0.4, 0.5) is 0 Å². The van der Waals surface area contributed by atoms with Gasteiger partial charge in [0.05, 0.1) is 12.7 Å². The average molecular weight is 238 g/mol. The van der Waals surface area contributed by atoms with E-state index in [1.165, 1.54) is 0 Å². The standard InChI is InChI=1S/C14H22O3/c1-14(15,9-4-10-16-2)11-12-5-7-13(17-3)8-6-12/h5-8,15H,4,9-11H2,1-3H3. The van der Waals surface area contributed by atoms with Gasteiger partial charge in [-0.2, -0.15) is 0 Å². The van der Waals surface area contributed by atoms with E-state index >= 15 is 0 Å². The van der Waals surface area contributed by atoms with Gasteiger partial charge in [-0.3, -0.25) is 0 Å². The Balaban J connectivity index is 2.50. The number of hydrogen-bond acceptors (Lipinski definition) is 3. The third-order valence-corrected chi connectivity index (χ3v) is 2.81. The molecule has 1 atom stereocenters. The molecular formula is C14H22O3. The monoisotopic (exact) mass is 238 g/mol. The van der Waals surface area contributed by atoms with E-state index in [0.717, 1.165) is 24.2 Å². The van der Waals surface area contributed by atoms with Crippen LogP contribution < -0.4 is 4.74 Å². The van der Waals surface area contributed by atoms with Gasteiger partial charge in [0.2, 0.25) is 0 Å². The molecule has 3 nitrogen and oxygen atoms in total. The summed E-state index contributed by atoms with van der Waals surface area (Å²) in [6.45, 7) is 2.56. The summed E-state index contributed by atoms with van der Waals surface area (Å²) in [6, 6.07) is 7.81. The first-order chi connectivity index (χ1) is 8.07. The van der Waals surface area contributed by atoms with E-state index in [2.05, 4.69) is 0 Å². The maximum absolute atomic E-state index is 10.2. The van der Waals surface area contributed by atoms with Gasteiger partial charge in [0.1, 0.15) is 5.75 Å². The molecule has 17 heavy (non-hydrogen) atoms. The lowest BCUT2D eigenvalue weighted by Gasteiger charge is -2.23. The van der Waals surface area contributed by atoms with Gasteiger partial charge in [-0.15, -0.1) is 0 Å². The molecule has 1 aromatic rings. The van der Waals surface area contributed by atoms with Gasteiger partial charge in [-0.05, 0) is 37.5 Å². The fraction of sp³-hybridized carbons (Fsp3) is 0.571. The van der Waals surface area contributed by atoms with E-state index in [4.69, 9.17) is 9.47 Å². The average Bonchev–Trinajstić information content (AvgIpc) is 2.30. The normalized spacial score (nSPS) is 14.4. The van der Waals surface area contributed by atoms with Crippen molar-refractivity contribution in [1.29, 1.82) is 0 Å². The second-order valence-electron chi connectivity index (χ2n) is 4.62. The Morgan fingerprint density at radius 1 is 1.18 bits per heavy atom. The molecule has 0 spiro atoms. The second-order valence-corrected chi connectivity index (χ2v) is 4.62. The summed E-state index contributed by atoms with van der Waals surface area (Å²) in [7, 11) is 3.33. The Morgan fingerprint density at radius 3 is 2.35 bits per heavy atom.